The lowest BCUT2D eigenvalue weighted by Crippen LogP contribution is -2.39. The second-order valence-electron chi connectivity index (χ2n) is 8.82. The summed E-state index contributed by atoms with van der Waals surface area (Å²) in [4.78, 5) is 42.4. The minimum Gasteiger partial charge on any atom is -0.496 e. The first-order valence-electron chi connectivity index (χ1n) is 12.2. The van der Waals surface area contributed by atoms with E-state index in [2.05, 4.69) is 20.9 Å². The summed E-state index contributed by atoms with van der Waals surface area (Å²) in [7, 11) is 1.55. The molecule has 4 aromatic rings. The molecule has 1 aliphatic rings. The topological polar surface area (TPSA) is 126 Å². The number of carbonyl (C=O) groups is 1. The van der Waals surface area contributed by atoms with E-state index in [9.17, 15) is 19.7 Å². The predicted octanol–water partition coefficient (Wildman–Crippen LogP) is 5.39. The smallest absolute Gasteiger partial charge is 0.338 e. The van der Waals surface area contributed by atoms with Crippen LogP contribution in [0.5, 0.6) is 5.75 Å². The van der Waals surface area contributed by atoms with E-state index in [0.29, 0.717) is 47.9 Å². The number of allylic oxidation sites excluding steroid dienone is 1. The zero-order chi connectivity index (χ0) is 29.4. The fourth-order valence-corrected chi connectivity index (χ4v) is 6.33. The lowest BCUT2D eigenvalue weighted by atomic mass is 9.96. The summed E-state index contributed by atoms with van der Waals surface area (Å²) >= 11 is 10.9. The maximum atomic E-state index is 13.8. The maximum Gasteiger partial charge on any atom is 0.338 e. The first-order chi connectivity index (χ1) is 19.6. The van der Waals surface area contributed by atoms with Crippen LogP contribution in [0, 0.1) is 10.1 Å². The van der Waals surface area contributed by atoms with Crippen molar-refractivity contribution >= 4 is 56.6 Å². The minimum atomic E-state index is -0.791. The van der Waals surface area contributed by atoms with E-state index in [-0.39, 0.29) is 28.4 Å². The number of thiazole rings is 1. The van der Waals surface area contributed by atoms with Gasteiger partial charge in [-0.3, -0.25) is 19.5 Å². The zero-order valence-electron chi connectivity index (χ0n) is 21.8. The highest BCUT2D eigenvalue weighted by atomic mass is 79.9. The Hall–Kier alpha value is -4.00. The van der Waals surface area contributed by atoms with Gasteiger partial charge in [-0.05, 0) is 65.7 Å². The lowest BCUT2D eigenvalue weighted by Gasteiger charge is -2.25. The van der Waals surface area contributed by atoms with Crippen molar-refractivity contribution < 1.29 is 23.6 Å². The Kier molecular flexibility index (Phi) is 7.98. The number of esters is 1. The molecule has 0 bridgehead atoms. The zero-order valence-corrected chi connectivity index (χ0v) is 25.0. The number of benzene rings is 2. The van der Waals surface area contributed by atoms with Gasteiger partial charge >= 0.3 is 5.97 Å². The third kappa shape index (κ3) is 5.37. The second kappa shape index (κ2) is 11.5. The number of carbonyl (C=O) groups excluding carboxylic acids is 1. The maximum absolute atomic E-state index is 13.8. The van der Waals surface area contributed by atoms with Gasteiger partial charge in [-0.2, -0.15) is 0 Å². The van der Waals surface area contributed by atoms with Crippen LogP contribution in [-0.2, 0) is 9.53 Å². The molecule has 0 fully saturated rings. The van der Waals surface area contributed by atoms with Gasteiger partial charge in [-0.15, -0.1) is 0 Å². The van der Waals surface area contributed by atoms with Crippen LogP contribution in [0.1, 0.15) is 31.2 Å². The average molecular weight is 659 g/mol. The molecule has 2 aromatic carbocycles. The summed E-state index contributed by atoms with van der Waals surface area (Å²) in [6.45, 7) is 3.59. The molecule has 0 N–H and O–H groups in total. The largest absolute Gasteiger partial charge is 0.496 e. The molecule has 0 radical (unpaired) electrons. The molecule has 0 unspecified atom stereocenters. The minimum absolute atomic E-state index is 0.137. The molecule has 0 amide bonds. The van der Waals surface area contributed by atoms with E-state index in [4.69, 9.17) is 25.5 Å². The van der Waals surface area contributed by atoms with Crippen LogP contribution < -0.4 is 19.6 Å². The van der Waals surface area contributed by atoms with Gasteiger partial charge in [0.15, 0.2) is 4.80 Å². The highest BCUT2D eigenvalue weighted by Gasteiger charge is 2.33. The summed E-state index contributed by atoms with van der Waals surface area (Å²) in [5, 5.41) is 11.2. The van der Waals surface area contributed by atoms with Crippen LogP contribution >= 0.6 is 38.9 Å². The van der Waals surface area contributed by atoms with Crippen molar-refractivity contribution in [2.24, 2.45) is 4.99 Å². The van der Waals surface area contributed by atoms with E-state index in [1.807, 2.05) is 0 Å². The van der Waals surface area contributed by atoms with E-state index in [1.54, 1.807) is 57.4 Å². The van der Waals surface area contributed by atoms with Gasteiger partial charge in [0.25, 0.3) is 11.2 Å². The predicted molar refractivity (Wildman–Crippen MR) is 157 cm³/mol. The van der Waals surface area contributed by atoms with Gasteiger partial charge in [0, 0.05) is 23.8 Å². The van der Waals surface area contributed by atoms with E-state index < -0.39 is 16.9 Å². The van der Waals surface area contributed by atoms with Gasteiger partial charge in [-0.1, -0.05) is 29.0 Å². The molecule has 10 nitrogen and oxygen atoms in total. The lowest BCUT2D eigenvalue weighted by molar-refractivity contribution is -0.384. The van der Waals surface area contributed by atoms with Gasteiger partial charge in [0.1, 0.15) is 17.3 Å². The van der Waals surface area contributed by atoms with Crippen molar-refractivity contribution in [2.75, 3.05) is 13.7 Å². The first kappa shape index (κ1) is 28.5. The van der Waals surface area contributed by atoms with Crippen LogP contribution in [0.4, 0.5) is 5.69 Å². The molecule has 41 heavy (non-hydrogen) atoms. The molecule has 0 saturated carbocycles. The molecule has 3 heterocycles. The third-order valence-corrected chi connectivity index (χ3v) is 8.25. The fraction of sp³-hybridized carbons (Fsp3) is 0.179. The first-order valence-corrected chi connectivity index (χ1v) is 14.2. The molecule has 2 aromatic heterocycles. The van der Waals surface area contributed by atoms with Crippen molar-refractivity contribution in [3.8, 4) is 17.1 Å². The van der Waals surface area contributed by atoms with Gasteiger partial charge in [0.05, 0.1) is 50.0 Å². The van der Waals surface area contributed by atoms with Crippen LogP contribution in [0.25, 0.3) is 17.4 Å². The number of hydrogen-bond donors (Lipinski definition) is 0. The fourth-order valence-electron chi connectivity index (χ4n) is 4.48. The number of ether oxygens (including phenoxy) is 2. The van der Waals surface area contributed by atoms with Crippen molar-refractivity contribution in [3.63, 3.8) is 0 Å². The Balaban J connectivity index is 1.62. The molecule has 1 atom stereocenters. The van der Waals surface area contributed by atoms with Crippen molar-refractivity contribution in [1.82, 2.24) is 4.57 Å². The number of rotatable bonds is 7. The number of halogens is 2. The van der Waals surface area contributed by atoms with Gasteiger partial charge in [0.2, 0.25) is 0 Å². The molecule has 0 saturated heterocycles. The number of aromatic nitrogens is 1. The Morgan fingerprint density at radius 1 is 1.27 bits per heavy atom. The Morgan fingerprint density at radius 3 is 2.71 bits per heavy atom. The molecule has 0 aliphatic carbocycles. The number of fused-ring (bicyclic) bond motifs is 1. The Bertz CT molecular complexity index is 1920. The highest BCUT2D eigenvalue weighted by molar-refractivity contribution is 9.10. The summed E-state index contributed by atoms with van der Waals surface area (Å²) in [5.74, 6) is 0.784. The van der Waals surface area contributed by atoms with Crippen LogP contribution in [-0.4, -0.2) is 29.2 Å². The molecule has 5 rings (SSSR count). The third-order valence-electron chi connectivity index (χ3n) is 6.34. The van der Waals surface area contributed by atoms with Gasteiger partial charge in [-0.25, -0.2) is 9.79 Å². The van der Waals surface area contributed by atoms with Gasteiger partial charge < -0.3 is 13.9 Å². The monoisotopic (exact) mass is 657 g/mol. The molecule has 0 spiro atoms. The summed E-state index contributed by atoms with van der Waals surface area (Å²) < 4.78 is 19.1. The standard InChI is InChI=1S/C28H21BrClN3O7S/c1-4-39-27(35)24-14(2)31-28-32(25(24)15-5-9-22(38-3)19(29)11-15)26(34)23(41-28)13-17-7-10-21(40-17)18-8-6-16(33(36)37)12-20(18)30/h5-13,25H,4H2,1-3H3/b23-13+/t25-/m1/s1. The van der Waals surface area contributed by atoms with Crippen molar-refractivity contribution in [3.05, 3.63) is 110 Å². The quantitative estimate of drug-likeness (QED) is 0.148. The van der Waals surface area contributed by atoms with Crippen LogP contribution in [0.2, 0.25) is 5.02 Å². The summed E-state index contributed by atoms with van der Waals surface area (Å²) in [5.41, 5.74) is 1.33. The molecule has 210 valence electrons. The van der Waals surface area contributed by atoms with E-state index in [1.165, 1.54) is 22.8 Å². The second-order valence-corrected chi connectivity index (χ2v) is 11.1. The summed E-state index contributed by atoms with van der Waals surface area (Å²) in [6, 6.07) is 12.0. The van der Waals surface area contributed by atoms with E-state index >= 15 is 0 Å². The Labute approximate surface area is 250 Å². The normalized spacial score (nSPS) is 15.0. The molecule has 1 aliphatic heterocycles. The number of furan rings is 1. The Morgan fingerprint density at radius 2 is 2.05 bits per heavy atom. The summed E-state index contributed by atoms with van der Waals surface area (Å²) in [6.07, 6.45) is 1.58. The van der Waals surface area contributed by atoms with Crippen molar-refractivity contribution in [2.45, 2.75) is 19.9 Å². The molecular weight excluding hydrogens is 638 g/mol. The number of nitro benzene ring substituents is 1. The molecular formula is C28H21BrClN3O7S. The average Bonchev–Trinajstić information content (AvgIpc) is 3.51. The number of nitrogens with zero attached hydrogens (tertiary/aromatic N) is 3. The number of non-ortho nitro benzene ring substituents is 1. The SMILES string of the molecule is CCOC(=O)C1=C(C)N=c2s/c(=C/c3ccc(-c4ccc([N+](=O)[O-])cc4Cl)o3)c(=O)n2[C@@H]1c1ccc(OC)c(Br)c1. The van der Waals surface area contributed by atoms with Crippen LogP contribution in [0.3, 0.4) is 0 Å². The number of hydrogen-bond acceptors (Lipinski definition) is 9. The number of methoxy groups -OCH3 is 1. The van der Waals surface area contributed by atoms with Crippen molar-refractivity contribution in [1.29, 1.82) is 0 Å². The number of nitro groups is 1. The highest BCUT2D eigenvalue weighted by Crippen LogP contribution is 2.35. The van der Waals surface area contributed by atoms with E-state index in [0.717, 1.165) is 11.3 Å². The van der Waals surface area contributed by atoms with Crippen LogP contribution in [0.15, 0.2) is 78.5 Å². The molecule has 13 heteroatoms.